The zero-order valence-corrected chi connectivity index (χ0v) is 8.95. The maximum absolute atomic E-state index is 10.8. The molecule has 0 aromatic carbocycles. The summed E-state index contributed by atoms with van der Waals surface area (Å²) in [5.74, 6) is 0. The van der Waals surface area contributed by atoms with Crippen LogP contribution in [0.2, 0.25) is 0 Å². The van der Waals surface area contributed by atoms with Crippen LogP contribution in [0.4, 0.5) is 4.79 Å². The lowest BCUT2D eigenvalue weighted by molar-refractivity contribution is 0.191. The van der Waals surface area contributed by atoms with Crippen LogP contribution < -0.4 is 5.32 Å². The molecule has 0 aliphatic rings. The molecular formula is C12H11N3O2. The van der Waals surface area contributed by atoms with E-state index in [1.807, 2.05) is 12.1 Å². The van der Waals surface area contributed by atoms with Crippen LogP contribution in [0.1, 0.15) is 17.4 Å². The molecule has 86 valence electrons. The van der Waals surface area contributed by atoms with Crippen LogP contribution in [0.3, 0.4) is 0 Å². The van der Waals surface area contributed by atoms with E-state index in [0.717, 1.165) is 0 Å². The quantitative estimate of drug-likeness (QED) is 0.842. The highest BCUT2D eigenvalue weighted by Gasteiger charge is 2.18. The number of nitrogens with zero attached hydrogens (tertiary/aromatic N) is 2. The summed E-state index contributed by atoms with van der Waals surface area (Å²) < 4.78 is 0. The number of rotatable bonds is 3. The van der Waals surface area contributed by atoms with Crippen molar-refractivity contribution in [1.82, 2.24) is 15.3 Å². The Balaban J connectivity index is 2.36. The molecule has 0 radical (unpaired) electrons. The van der Waals surface area contributed by atoms with Crippen LogP contribution in [0.5, 0.6) is 0 Å². The molecule has 0 bridgehead atoms. The Morgan fingerprint density at radius 3 is 1.94 bits per heavy atom. The van der Waals surface area contributed by atoms with E-state index < -0.39 is 12.1 Å². The van der Waals surface area contributed by atoms with E-state index >= 15 is 0 Å². The van der Waals surface area contributed by atoms with E-state index in [-0.39, 0.29) is 0 Å². The minimum Gasteiger partial charge on any atom is -0.465 e. The van der Waals surface area contributed by atoms with Crippen LogP contribution in [0, 0.1) is 0 Å². The van der Waals surface area contributed by atoms with Crippen molar-refractivity contribution in [2.24, 2.45) is 0 Å². The van der Waals surface area contributed by atoms with Crippen molar-refractivity contribution in [2.75, 3.05) is 0 Å². The van der Waals surface area contributed by atoms with E-state index in [4.69, 9.17) is 5.11 Å². The predicted octanol–water partition coefficient (Wildman–Crippen LogP) is 1.83. The first-order valence-electron chi connectivity index (χ1n) is 5.08. The maximum Gasteiger partial charge on any atom is 0.405 e. The van der Waals surface area contributed by atoms with Crippen LogP contribution in [-0.4, -0.2) is 21.2 Å². The van der Waals surface area contributed by atoms with Gasteiger partial charge in [-0.15, -0.1) is 0 Å². The Labute approximate surface area is 98.2 Å². The molecule has 1 amide bonds. The zero-order chi connectivity index (χ0) is 12.1. The molecule has 0 aliphatic carbocycles. The van der Waals surface area contributed by atoms with Gasteiger partial charge in [0.15, 0.2) is 0 Å². The fraction of sp³-hybridized carbons (Fsp3) is 0.0833. The van der Waals surface area contributed by atoms with Crippen molar-refractivity contribution < 1.29 is 9.90 Å². The molecule has 0 fully saturated rings. The second kappa shape index (κ2) is 5.07. The summed E-state index contributed by atoms with van der Waals surface area (Å²) in [6.07, 6.45) is 2.13. The van der Waals surface area contributed by atoms with Crippen molar-refractivity contribution in [2.45, 2.75) is 6.04 Å². The first kappa shape index (κ1) is 11.1. The molecular weight excluding hydrogens is 218 g/mol. The first-order chi connectivity index (χ1) is 8.27. The number of aromatic nitrogens is 2. The van der Waals surface area contributed by atoms with Gasteiger partial charge in [0.05, 0.1) is 11.4 Å². The lowest BCUT2D eigenvalue weighted by Gasteiger charge is -2.15. The summed E-state index contributed by atoms with van der Waals surface area (Å²) in [7, 11) is 0. The topological polar surface area (TPSA) is 75.1 Å². The van der Waals surface area contributed by atoms with Crippen LogP contribution in [-0.2, 0) is 0 Å². The van der Waals surface area contributed by atoms with Gasteiger partial charge in [0, 0.05) is 12.4 Å². The van der Waals surface area contributed by atoms with Gasteiger partial charge < -0.3 is 10.4 Å². The molecule has 0 saturated carbocycles. The molecule has 2 aromatic rings. The third-order valence-corrected chi connectivity index (χ3v) is 2.23. The Morgan fingerprint density at radius 1 is 1.06 bits per heavy atom. The highest BCUT2D eigenvalue weighted by atomic mass is 16.4. The minimum absolute atomic E-state index is 0.546. The molecule has 0 spiro atoms. The van der Waals surface area contributed by atoms with E-state index in [1.165, 1.54) is 0 Å². The maximum atomic E-state index is 10.8. The number of nitrogens with one attached hydrogen (secondary N) is 1. The van der Waals surface area contributed by atoms with Crippen molar-refractivity contribution in [3.63, 3.8) is 0 Å². The van der Waals surface area contributed by atoms with Gasteiger partial charge in [0.25, 0.3) is 0 Å². The number of hydrogen-bond acceptors (Lipinski definition) is 3. The molecule has 5 nitrogen and oxygen atoms in total. The standard InChI is InChI=1S/C12H11N3O2/c16-12(17)15-11(9-5-1-3-7-13-9)10-6-2-4-8-14-10/h1-8,11,15H,(H,16,17). The number of pyridine rings is 2. The average molecular weight is 229 g/mol. The molecule has 0 aliphatic heterocycles. The molecule has 2 heterocycles. The van der Waals surface area contributed by atoms with Crippen molar-refractivity contribution >= 4 is 6.09 Å². The molecule has 0 unspecified atom stereocenters. The van der Waals surface area contributed by atoms with Gasteiger partial charge in [0.1, 0.15) is 6.04 Å². The summed E-state index contributed by atoms with van der Waals surface area (Å²) in [6, 6.07) is 10.1. The number of carboxylic acid groups (broad SMARTS) is 1. The lowest BCUT2D eigenvalue weighted by atomic mass is 10.1. The summed E-state index contributed by atoms with van der Waals surface area (Å²) in [4.78, 5) is 19.1. The third kappa shape index (κ3) is 2.78. The molecule has 2 rings (SSSR count). The van der Waals surface area contributed by atoms with Crippen LogP contribution >= 0.6 is 0 Å². The minimum atomic E-state index is -1.11. The highest BCUT2D eigenvalue weighted by molar-refractivity contribution is 5.65. The summed E-state index contributed by atoms with van der Waals surface area (Å²) >= 11 is 0. The molecule has 2 aromatic heterocycles. The molecule has 0 saturated heterocycles. The second-order valence-corrected chi connectivity index (χ2v) is 3.39. The highest BCUT2D eigenvalue weighted by Crippen LogP contribution is 2.17. The van der Waals surface area contributed by atoms with E-state index in [9.17, 15) is 4.79 Å². The van der Waals surface area contributed by atoms with Gasteiger partial charge >= 0.3 is 6.09 Å². The van der Waals surface area contributed by atoms with Crippen molar-refractivity contribution in [3.8, 4) is 0 Å². The van der Waals surface area contributed by atoms with Gasteiger partial charge in [-0.1, -0.05) is 12.1 Å². The Morgan fingerprint density at radius 2 is 1.59 bits per heavy atom. The fourth-order valence-corrected chi connectivity index (χ4v) is 1.52. The van der Waals surface area contributed by atoms with Gasteiger partial charge in [-0.05, 0) is 24.3 Å². The third-order valence-electron chi connectivity index (χ3n) is 2.23. The largest absolute Gasteiger partial charge is 0.465 e. The lowest BCUT2D eigenvalue weighted by Crippen LogP contribution is -2.28. The number of hydrogen-bond donors (Lipinski definition) is 2. The van der Waals surface area contributed by atoms with E-state index in [0.29, 0.717) is 11.4 Å². The summed E-state index contributed by atoms with van der Waals surface area (Å²) in [5, 5.41) is 11.2. The summed E-state index contributed by atoms with van der Waals surface area (Å²) in [6.45, 7) is 0. The average Bonchev–Trinajstić information content (AvgIpc) is 2.38. The molecule has 0 atom stereocenters. The summed E-state index contributed by atoms with van der Waals surface area (Å²) in [5.41, 5.74) is 1.24. The van der Waals surface area contributed by atoms with Gasteiger partial charge in [-0.25, -0.2) is 4.79 Å². The van der Waals surface area contributed by atoms with Gasteiger partial charge in [-0.2, -0.15) is 0 Å². The Hall–Kier alpha value is -2.43. The van der Waals surface area contributed by atoms with Crippen molar-refractivity contribution in [3.05, 3.63) is 60.2 Å². The van der Waals surface area contributed by atoms with Gasteiger partial charge in [0.2, 0.25) is 0 Å². The molecule has 2 N–H and O–H groups in total. The SMILES string of the molecule is O=C(O)NC(c1ccccn1)c1ccccn1. The predicted molar refractivity (Wildman–Crippen MR) is 61.5 cm³/mol. The monoisotopic (exact) mass is 229 g/mol. The van der Waals surface area contributed by atoms with Crippen LogP contribution in [0.25, 0.3) is 0 Å². The normalized spacial score (nSPS) is 10.2. The second-order valence-electron chi connectivity index (χ2n) is 3.39. The number of carbonyl (C=O) groups is 1. The van der Waals surface area contributed by atoms with Crippen LogP contribution in [0.15, 0.2) is 48.8 Å². The smallest absolute Gasteiger partial charge is 0.405 e. The zero-order valence-electron chi connectivity index (χ0n) is 8.95. The molecule has 17 heavy (non-hydrogen) atoms. The van der Waals surface area contributed by atoms with Crippen molar-refractivity contribution in [1.29, 1.82) is 0 Å². The van der Waals surface area contributed by atoms with Gasteiger partial charge in [-0.3, -0.25) is 9.97 Å². The Bertz CT molecular complexity index is 448. The number of amides is 1. The fourth-order valence-electron chi connectivity index (χ4n) is 1.52. The Kier molecular flexibility index (Phi) is 3.30. The van der Waals surface area contributed by atoms with E-state index in [2.05, 4.69) is 15.3 Å². The first-order valence-corrected chi connectivity index (χ1v) is 5.08. The van der Waals surface area contributed by atoms with E-state index in [1.54, 1.807) is 36.7 Å². The molecule has 5 heteroatoms.